The minimum absolute atomic E-state index is 0.0626. The number of anilines is 9. The maximum Gasteiger partial charge on any atom is 0.0645 e. The minimum atomic E-state index is -0.444. The first-order valence-electron chi connectivity index (χ1n) is 29.7. The van der Waals surface area contributed by atoms with Gasteiger partial charge in [0.25, 0.3) is 0 Å². The lowest BCUT2D eigenvalue weighted by molar-refractivity contribution is 1.28. The summed E-state index contributed by atoms with van der Waals surface area (Å²) in [6, 6.07) is 107. The lowest BCUT2D eigenvalue weighted by atomic mass is 10.0. The van der Waals surface area contributed by atoms with Crippen molar-refractivity contribution in [2.24, 2.45) is 0 Å². The van der Waals surface area contributed by atoms with Crippen molar-refractivity contribution in [3.8, 4) is 66.8 Å². The first-order chi connectivity index (χ1) is 42.2. The van der Waals surface area contributed by atoms with Crippen LogP contribution in [0.3, 0.4) is 0 Å². The topological polar surface area (TPSA) is 9.72 Å². The molecule has 0 saturated carbocycles. The number of hydrogen-bond donors (Lipinski definition) is 0. The van der Waals surface area contributed by atoms with Crippen molar-refractivity contribution in [1.82, 2.24) is 0 Å². The Bertz CT molecular complexity index is 3970. The first kappa shape index (κ1) is 44.3. The minimum Gasteiger partial charge on any atom is -0.311 e. The van der Waals surface area contributed by atoms with E-state index in [1.165, 1.54) is 0 Å². The van der Waals surface area contributed by atoms with Crippen LogP contribution in [-0.4, -0.2) is 0 Å². The number of benzene rings is 13. The fourth-order valence-electron chi connectivity index (χ4n) is 10.6. The van der Waals surface area contributed by atoms with Crippen molar-refractivity contribution in [2.75, 3.05) is 14.7 Å². The van der Waals surface area contributed by atoms with E-state index in [2.05, 4.69) is 252 Å². The molecular weight excluding hydrogens is 979 g/mol. The van der Waals surface area contributed by atoms with Crippen LogP contribution in [-0.2, 0) is 0 Å². The highest BCUT2D eigenvalue weighted by molar-refractivity contribution is 5.85. The van der Waals surface area contributed by atoms with Gasteiger partial charge in [0.2, 0.25) is 0 Å². The summed E-state index contributed by atoms with van der Waals surface area (Å²) in [6.07, 6.45) is 0. The Labute approximate surface area is 482 Å². The third-order valence-corrected chi connectivity index (χ3v) is 14.8. The predicted molar refractivity (Wildman–Crippen MR) is 343 cm³/mol. The Kier molecular flexibility index (Phi) is 12.6. The van der Waals surface area contributed by atoms with Crippen LogP contribution in [0.1, 0.15) is 6.85 Å². The van der Waals surface area contributed by atoms with Gasteiger partial charge < -0.3 is 14.7 Å². The lowest BCUT2D eigenvalue weighted by Gasteiger charge is -2.27. The SMILES string of the molecule is [2H]c1c([2H])c([2H])c(N(c2ccc(-c3ccc(N(c4ccc(-c5ccccc5)cc4)c4ccc(-c5ccccc5)cc4)cc3)cc2)c2ccc(-c3ccc(N(c4ccc(-c5ccccc5)cc4)c4ccc(-c5ccccc5)cc4)cc3)cc2)c([2H])c1[2H]. The summed E-state index contributed by atoms with van der Waals surface area (Å²) < 4.78 is 44.2. The Balaban J connectivity index is 0.799. The summed E-state index contributed by atoms with van der Waals surface area (Å²) in [6.45, 7) is 0. The van der Waals surface area contributed by atoms with E-state index in [-0.39, 0.29) is 17.8 Å². The summed E-state index contributed by atoms with van der Waals surface area (Å²) in [5.41, 5.74) is 20.5. The smallest absolute Gasteiger partial charge is 0.0645 e. The maximum absolute atomic E-state index is 9.15. The molecule has 0 aliphatic carbocycles. The number of rotatable bonds is 15. The van der Waals surface area contributed by atoms with E-state index in [1.54, 1.807) is 4.90 Å². The van der Waals surface area contributed by atoms with Crippen LogP contribution in [0, 0.1) is 0 Å². The Hall–Kier alpha value is -10.7. The second-order valence-corrected chi connectivity index (χ2v) is 19.8. The van der Waals surface area contributed by atoms with Crippen LogP contribution in [0.5, 0.6) is 0 Å². The zero-order chi connectivity index (χ0) is 58.5. The second kappa shape index (κ2) is 23.1. The van der Waals surface area contributed by atoms with Gasteiger partial charge in [-0.05, 0) is 176 Å². The van der Waals surface area contributed by atoms with Gasteiger partial charge in [0.15, 0.2) is 0 Å². The highest BCUT2D eigenvalue weighted by Crippen LogP contribution is 2.42. The molecule has 81 heavy (non-hydrogen) atoms. The van der Waals surface area contributed by atoms with Crippen LogP contribution in [0.2, 0.25) is 0 Å². The van der Waals surface area contributed by atoms with Gasteiger partial charge in [-0.2, -0.15) is 0 Å². The van der Waals surface area contributed by atoms with Gasteiger partial charge in [-0.1, -0.05) is 237 Å². The monoisotopic (exact) mass is 1040 g/mol. The van der Waals surface area contributed by atoms with Gasteiger partial charge in [-0.15, -0.1) is 0 Å². The molecule has 3 nitrogen and oxygen atoms in total. The van der Waals surface area contributed by atoms with Crippen molar-refractivity contribution in [3.05, 3.63) is 346 Å². The fraction of sp³-hybridized carbons (Fsp3) is 0. The second-order valence-electron chi connectivity index (χ2n) is 19.8. The molecule has 13 aromatic rings. The Morgan fingerprint density at radius 3 is 0.469 bits per heavy atom. The van der Waals surface area contributed by atoms with Crippen LogP contribution >= 0.6 is 0 Å². The predicted octanol–water partition coefficient (Wildman–Crippen LogP) is 22.1. The van der Waals surface area contributed by atoms with E-state index in [0.717, 1.165) is 101 Å². The van der Waals surface area contributed by atoms with Gasteiger partial charge in [-0.25, -0.2) is 0 Å². The normalized spacial score (nSPS) is 11.8. The van der Waals surface area contributed by atoms with Gasteiger partial charge in [0.05, 0.1) is 6.85 Å². The molecule has 0 N–H and O–H groups in total. The van der Waals surface area contributed by atoms with Crippen molar-refractivity contribution >= 4 is 51.2 Å². The molecule has 0 atom stereocenters. The van der Waals surface area contributed by atoms with Gasteiger partial charge in [0, 0.05) is 51.2 Å². The third-order valence-electron chi connectivity index (χ3n) is 14.8. The highest BCUT2D eigenvalue weighted by Gasteiger charge is 2.18. The molecule has 0 aromatic heterocycles. The van der Waals surface area contributed by atoms with E-state index < -0.39 is 18.1 Å². The lowest BCUT2D eigenvalue weighted by Crippen LogP contribution is -2.10. The molecule has 0 fully saturated rings. The van der Waals surface area contributed by atoms with E-state index in [0.29, 0.717) is 11.4 Å². The van der Waals surface area contributed by atoms with Crippen molar-refractivity contribution in [1.29, 1.82) is 0 Å². The van der Waals surface area contributed by atoms with Crippen LogP contribution in [0.25, 0.3) is 66.8 Å². The van der Waals surface area contributed by atoms with E-state index in [9.17, 15) is 0 Å². The summed E-state index contributed by atoms with van der Waals surface area (Å²) >= 11 is 0. The molecule has 0 aliphatic rings. The number of hydrogen-bond acceptors (Lipinski definition) is 3. The van der Waals surface area contributed by atoms with Crippen LogP contribution in [0.15, 0.2) is 346 Å². The number of nitrogens with zero attached hydrogens (tertiary/aromatic N) is 3. The zero-order valence-corrected chi connectivity index (χ0v) is 44.4. The molecule has 13 rings (SSSR count). The molecule has 0 spiro atoms. The summed E-state index contributed by atoms with van der Waals surface area (Å²) in [5.74, 6) is 0. The van der Waals surface area contributed by atoms with E-state index >= 15 is 0 Å². The molecule has 384 valence electrons. The van der Waals surface area contributed by atoms with Crippen molar-refractivity contribution in [2.45, 2.75) is 0 Å². The maximum atomic E-state index is 9.15. The average molecular weight is 1040 g/mol. The molecule has 0 aliphatic heterocycles. The van der Waals surface area contributed by atoms with Crippen molar-refractivity contribution in [3.63, 3.8) is 0 Å². The van der Waals surface area contributed by atoms with Crippen LogP contribution < -0.4 is 14.7 Å². The summed E-state index contributed by atoms with van der Waals surface area (Å²) in [5, 5.41) is 0. The van der Waals surface area contributed by atoms with Gasteiger partial charge in [-0.3, -0.25) is 0 Å². The third kappa shape index (κ3) is 10.9. The van der Waals surface area contributed by atoms with Gasteiger partial charge >= 0.3 is 0 Å². The Morgan fingerprint density at radius 2 is 0.296 bits per heavy atom. The molecule has 0 radical (unpaired) electrons. The molecule has 0 bridgehead atoms. The fourth-order valence-corrected chi connectivity index (χ4v) is 10.6. The highest BCUT2D eigenvalue weighted by atomic mass is 15.2. The molecule has 3 heteroatoms. The average Bonchev–Trinajstić information content (AvgIpc) is 3.22. The summed E-state index contributed by atoms with van der Waals surface area (Å²) in [4.78, 5) is 6.29. The van der Waals surface area contributed by atoms with E-state index in [1.807, 2.05) is 72.8 Å². The molecule has 0 saturated heterocycles. The Morgan fingerprint density at radius 1 is 0.148 bits per heavy atom. The standard InChI is InChI=1S/C78H57N3/c1-6-16-58(17-7-1)62-26-42-73(43-27-62)80(74-44-28-63(29-45-74)59-18-8-2-9-19-59)77-54-38-68(39-55-77)66-34-50-71(51-35-66)79(70-24-14-5-15-25-70)72-52-36-67(37-53-72)69-40-56-78(57-41-69)81(75-46-30-64(31-47-75)60-20-10-3-11-21-60)76-48-32-65(33-49-76)61-22-12-4-13-23-61/h1-57H/i5D,14D,15D,24D,25D. The van der Waals surface area contributed by atoms with Gasteiger partial charge in [0.1, 0.15) is 0 Å². The molecule has 13 aromatic carbocycles. The molecule has 0 heterocycles. The summed E-state index contributed by atoms with van der Waals surface area (Å²) in [7, 11) is 0. The zero-order valence-electron chi connectivity index (χ0n) is 49.4. The quantitative estimate of drug-likeness (QED) is 0.101. The molecular formula is C78H57N3. The molecule has 0 unspecified atom stereocenters. The number of para-hydroxylation sites is 1. The first-order valence-corrected chi connectivity index (χ1v) is 27.2. The largest absolute Gasteiger partial charge is 0.311 e. The molecule has 0 amide bonds. The van der Waals surface area contributed by atoms with Crippen LogP contribution in [0.4, 0.5) is 51.2 Å². The van der Waals surface area contributed by atoms with Crippen molar-refractivity contribution < 1.29 is 6.85 Å². The van der Waals surface area contributed by atoms with E-state index in [4.69, 9.17) is 6.85 Å².